The Bertz CT molecular complexity index is 923. The second kappa shape index (κ2) is 16.6. The van der Waals surface area contributed by atoms with Crippen LogP contribution in [0.5, 0.6) is 0 Å². The molecule has 0 heterocycles. The first-order valence-corrected chi connectivity index (χ1v) is 18.9. The Hall–Kier alpha value is -1.11. The van der Waals surface area contributed by atoms with Crippen molar-refractivity contribution < 1.29 is 9.53 Å². The molecular formula is C38H70N4O2. The Morgan fingerprint density at radius 3 is 2.43 bits per heavy atom. The van der Waals surface area contributed by atoms with Crippen LogP contribution in [0, 0.1) is 46.3 Å². The number of ether oxygens (including phenoxy) is 1. The zero-order valence-electron chi connectivity index (χ0n) is 29.4. The highest BCUT2D eigenvalue weighted by atomic mass is 16.6. The van der Waals surface area contributed by atoms with E-state index < -0.39 is 0 Å². The lowest BCUT2D eigenvalue weighted by Crippen LogP contribution is -2.51. The van der Waals surface area contributed by atoms with Crippen molar-refractivity contribution in [3.63, 3.8) is 0 Å². The summed E-state index contributed by atoms with van der Waals surface area (Å²) in [6.45, 7) is 17.3. The predicted octanol–water partition coefficient (Wildman–Crippen LogP) is 7.90. The number of nitrogens with zero attached hydrogens (tertiary/aromatic N) is 1. The molecule has 0 saturated heterocycles. The van der Waals surface area contributed by atoms with Gasteiger partial charge in [-0.25, -0.2) is 4.79 Å². The molecule has 0 aromatic rings. The molecule has 0 aliphatic heterocycles. The van der Waals surface area contributed by atoms with Gasteiger partial charge >= 0.3 is 6.09 Å². The first-order valence-electron chi connectivity index (χ1n) is 18.9. The average molecular weight is 615 g/mol. The van der Waals surface area contributed by atoms with E-state index in [0.717, 1.165) is 107 Å². The minimum Gasteiger partial charge on any atom is -0.446 e. The number of hydrogen-bond donors (Lipinski definition) is 3. The smallest absolute Gasteiger partial charge is 0.410 e. The third-order valence-corrected chi connectivity index (χ3v) is 13.0. The molecule has 5 N–H and O–H groups in total. The van der Waals surface area contributed by atoms with E-state index in [0.29, 0.717) is 18.5 Å². The van der Waals surface area contributed by atoms with Gasteiger partial charge in [0.15, 0.2) is 0 Å². The van der Waals surface area contributed by atoms with Crippen LogP contribution < -0.4 is 16.8 Å². The largest absolute Gasteiger partial charge is 0.446 e. The molecule has 0 bridgehead atoms. The van der Waals surface area contributed by atoms with Crippen LogP contribution in [-0.2, 0) is 4.74 Å². The minimum absolute atomic E-state index is 0.00749. The number of allylic oxidation sites excluding steroid dienone is 1. The lowest BCUT2D eigenvalue weighted by Gasteiger charge is -2.58. The Balaban J connectivity index is 1.32. The van der Waals surface area contributed by atoms with Crippen molar-refractivity contribution in [2.45, 2.75) is 137 Å². The molecule has 44 heavy (non-hydrogen) atoms. The summed E-state index contributed by atoms with van der Waals surface area (Å²) in [5.74, 6) is 5.11. The van der Waals surface area contributed by atoms with Crippen molar-refractivity contribution in [2.75, 3.05) is 39.3 Å². The number of rotatable bonds is 17. The van der Waals surface area contributed by atoms with Gasteiger partial charge in [-0.1, -0.05) is 65.5 Å². The number of nitrogens with two attached hydrogens (primary N) is 2. The molecule has 8 atom stereocenters. The van der Waals surface area contributed by atoms with Gasteiger partial charge in [0.05, 0.1) is 0 Å². The summed E-state index contributed by atoms with van der Waals surface area (Å²) in [7, 11) is 0. The maximum absolute atomic E-state index is 13.3. The van der Waals surface area contributed by atoms with Crippen LogP contribution in [0.15, 0.2) is 11.6 Å². The quantitative estimate of drug-likeness (QED) is 0.114. The monoisotopic (exact) mass is 615 g/mol. The summed E-state index contributed by atoms with van der Waals surface area (Å²) in [5.41, 5.74) is 13.8. The highest BCUT2D eigenvalue weighted by molar-refractivity contribution is 5.67. The summed E-state index contributed by atoms with van der Waals surface area (Å²) >= 11 is 0. The van der Waals surface area contributed by atoms with Crippen molar-refractivity contribution in [1.82, 2.24) is 10.2 Å². The minimum atomic E-state index is -0.134. The fourth-order valence-corrected chi connectivity index (χ4v) is 10.5. The molecular weight excluding hydrogens is 544 g/mol. The molecule has 3 fully saturated rings. The Morgan fingerprint density at radius 1 is 0.932 bits per heavy atom. The maximum atomic E-state index is 13.3. The SMILES string of the molecule is CC(C)CCC[C@@H](C)C1CCC2C3CC=C4CC(OC(=O)N(CCCN)CCCCNCCCN)CCC4(C)C3CCC21C. The molecule has 254 valence electrons. The lowest BCUT2D eigenvalue weighted by molar-refractivity contribution is -0.0593. The van der Waals surface area contributed by atoms with E-state index in [-0.39, 0.29) is 17.6 Å². The molecule has 6 nitrogen and oxygen atoms in total. The topological polar surface area (TPSA) is 93.6 Å². The highest BCUT2D eigenvalue weighted by Crippen LogP contribution is 2.67. The van der Waals surface area contributed by atoms with E-state index in [1.807, 2.05) is 4.90 Å². The number of amides is 1. The van der Waals surface area contributed by atoms with Crippen LogP contribution in [0.3, 0.4) is 0 Å². The number of unbranched alkanes of at least 4 members (excludes halogenated alkanes) is 1. The molecule has 4 aliphatic carbocycles. The third kappa shape index (κ3) is 8.42. The summed E-state index contributed by atoms with van der Waals surface area (Å²) in [6.07, 6.45) is 20.6. The van der Waals surface area contributed by atoms with Crippen LogP contribution >= 0.6 is 0 Å². The van der Waals surface area contributed by atoms with Gasteiger partial charge in [-0.05, 0) is 143 Å². The first-order chi connectivity index (χ1) is 21.1. The Morgan fingerprint density at radius 2 is 1.68 bits per heavy atom. The summed E-state index contributed by atoms with van der Waals surface area (Å²) < 4.78 is 6.24. The van der Waals surface area contributed by atoms with Crippen molar-refractivity contribution in [2.24, 2.45) is 57.8 Å². The fourth-order valence-electron chi connectivity index (χ4n) is 10.5. The molecule has 0 radical (unpaired) electrons. The standard InChI is InChI=1S/C38H70N4O2/c1-28(2)11-8-12-29(3)33-15-16-34-32-14-13-30-27-31(17-19-37(30,4)35(32)18-20-38(33,34)5)44-36(43)42(26-10-22-40)25-7-6-23-41-24-9-21-39/h13,28-29,31-35,41H,6-12,14-27,39-40H2,1-5H3/t29-,31?,32?,33?,34?,35?,37?,38?/m1/s1. The van der Waals surface area contributed by atoms with Crippen molar-refractivity contribution >= 4 is 6.09 Å². The normalized spacial score (nSPS) is 33.7. The van der Waals surface area contributed by atoms with Crippen molar-refractivity contribution in [3.8, 4) is 0 Å². The number of nitrogens with one attached hydrogen (secondary N) is 1. The average Bonchev–Trinajstić information content (AvgIpc) is 3.35. The summed E-state index contributed by atoms with van der Waals surface area (Å²) in [5, 5.41) is 3.44. The van der Waals surface area contributed by atoms with Gasteiger partial charge in [0.1, 0.15) is 6.10 Å². The van der Waals surface area contributed by atoms with Crippen LogP contribution in [0.2, 0.25) is 0 Å². The number of fused-ring (bicyclic) bond motifs is 5. The van der Waals surface area contributed by atoms with Gasteiger partial charge in [-0.15, -0.1) is 0 Å². The molecule has 7 unspecified atom stereocenters. The van der Waals surface area contributed by atoms with Gasteiger partial charge in [0, 0.05) is 19.5 Å². The lowest BCUT2D eigenvalue weighted by atomic mass is 9.47. The van der Waals surface area contributed by atoms with Gasteiger partial charge in [-0.3, -0.25) is 0 Å². The Kier molecular flexibility index (Phi) is 13.5. The number of carbonyl (C=O) groups excluding carboxylic acids is 1. The van der Waals surface area contributed by atoms with Gasteiger partial charge in [0.2, 0.25) is 0 Å². The van der Waals surface area contributed by atoms with E-state index in [9.17, 15) is 4.79 Å². The zero-order chi connectivity index (χ0) is 31.7. The molecule has 1 amide bonds. The summed E-state index contributed by atoms with van der Waals surface area (Å²) in [4.78, 5) is 15.3. The second-order valence-electron chi connectivity index (χ2n) is 16.3. The Labute approximate surface area is 271 Å². The molecule has 4 aliphatic rings. The number of hydrogen-bond acceptors (Lipinski definition) is 5. The van der Waals surface area contributed by atoms with Gasteiger partial charge in [0.25, 0.3) is 0 Å². The first kappa shape index (κ1) is 35.7. The molecule has 0 aromatic carbocycles. The van der Waals surface area contributed by atoms with Crippen LogP contribution in [0.1, 0.15) is 131 Å². The predicted molar refractivity (Wildman–Crippen MR) is 184 cm³/mol. The van der Waals surface area contributed by atoms with Crippen molar-refractivity contribution in [1.29, 1.82) is 0 Å². The molecule has 0 aromatic heterocycles. The van der Waals surface area contributed by atoms with E-state index in [1.54, 1.807) is 5.57 Å². The summed E-state index contributed by atoms with van der Waals surface area (Å²) in [6, 6.07) is 0. The maximum Gasteiger partial charge on any atom is 0.410 e. The van der Waals surface area contributed by atoms with E-state index in [2.05, 4.69) is 46.0 Å². The van der Waals surface area contributed by atoms with Gasteiger partial charge in [-0.2, -0.15) is 0 Å². The van der Waals surface area contributed by atoms with Crippen LogP contribution in [-0.4, -0.2) is 56.4 Å². The molecule has 0 spiro atoms. The van der Waals surface area contributed by atoms with E-state index in [4.69, 9.17) is 16.2 Å². The molecule has 6 heteroatoms. The second-order valence-corrected chi connectivity index (χ2v) is 16.3. The third-order valence-electron chi connectivity index (χ3n) is 13.0. The number of carbonyl (C=O) groups is 1. The van der Waals surface area contributed by atoms with E-state index in [1.165, 1.54) is 51.4 Å². The van der Waals surface area contributed by atoms with E-state index >= 15 is 0 Å². The van der Waals surface area contributed by atoms with Gasteiger partial charge < -0.3 is 26.4 Å². The fraction of sp³-hybridized carbons (Fsp3) is 0.921. The highest BCUT2D eigenvalue weighted by Gasteiger charge is 2.59. The van der Waals surface area contributed by atoms with Crippen molar-refractivity contribution in [3.05, 3.63) is 11.6 Å². The molecule has 3 saturated carbocycles. The zero-order valence-corrected chi connectivity index (χ0v) is 29.4. The molecule has 4 rings (SSSR count). The van der Waals surface area contributed by atoms with Crippen LogP contribution in [0.4, 0.5) is 4.79 Å². The van der Waals surface area contributed by atoms with Crippen LogP contribution in [0.25, 0.3) is 0 Å².